The molecule has 6 nitrogen and oxygen atoms in total. The highest BCUT2D eigenvalue weighted by molar-refractivity contribution is 7.89. The van der Waals surface area contributed by atoms with E-state index < -0.39 is 27.6 Å². The Balaban J connectivity index is 2.10. The molecule has 0 aliphatic carbocycles. The quantitative estimate of drug-likeness (QED) is 0.652. The van der Waals surface area contributed by atoms with Crippen LogP contribution >= 0.6 is 23.2 Å². The van der Waals surface area contributed by atoms with Crippen molar-refractivity contribution in [2.75, 3.05) is 0 Å². The van der Waals surface area contributed by atoms with E-state index in [0.29, 0.717) is 16.3 Å². The molecule has 0 fully saturated rings. The molecule has 2 rings (SSSR count). The van der Waals surface area contributed by atoms with E-state index >= 15 is 0 Å². The summed E-state index contributed by atoms with van der Waals surface area (Å²) in [6, 6.07) is 11.4. The van der Waals surface area contributed by atoms with Crippen LogP contribution in [0.15, 0.2) is 47.4 Å². The van der Waals surface area contributed by atoms with Crippen LogP contribution in [-0.2, 0) is 21.4 Å². The van der Waals surface area contributed by atoms with E-state index in [1.165, 1.54) is 6.07 Å². The number of halogens is 2. The Morgan fingerprint density at radius 3 is 2.41 bits per heavy atom. The molecule has 0 aromatic heterocycles. The zero-order valence-electron chi connectivity index (χ0n) is 16.6. The largest absolute Gasteiger partial charge is 0.479 e. The van der Waals surface area contributed by atoms with Crippen LogP contribution in [0, 0.1) is 0 Å². The lowest BCUT2D eigenvalue weighted by Gasteiger charge is -2.22. The molecule has 2 N–H and O–H groups in total. The zero-order chi connectivity index (χ0) is 21.8. The lowest BCUT2D eigenvalue weighted by Crippen LogP contribution is -2.41. The smallest absolute Gasteiger partial charge is 0.261 e. The number of carbonyl (C=O) groups is 1. The molecular formula is C20H24Cl2N2O4S. The van der Waals surface area contributed by atoms with Crippen LogP contribution in [0.3, 0.4) is 0 Å². The van der Waals surface area contributed by atoms with Gasteiger partial charge in [-0.2, -0.15) is 0 Å². The lowest BCUT2D eigenvalue weighted by atomic mass is 10.1. The highest BCUT2D eigenvalue weighted by atomic mass is 35.5. The summed E-state index contributed by atoms with van der Waals surface area (Å²) < 4.78 is 33.6. The van der Waals surface area contributed by atoms with Crippen molar-refractivity contribution in [1.29, 1.82) is 0 Å². The summed E-state index contributed by atoms with van der Waals surface area (Å²) in [5.74, 6) is -0.129. The van der Waals surface area contributed by atoms with Gasteiger partial charge in [-0.15, -0.1) is 0 Å². The summed E-state index contributed by atoms with van der Waals surface area (Å²) >= 11 is 12.0. The van der Waals surface area contributed by atoms with E-state index in [2.05, 4.69) is 10.0 Å². The molecule has 0 saturated heterocycles. The molecule has 0 aliphatic heterocycles. The average Bonchev–Trinajstić information content (AvgIpc) is 2.61. The summed E-state index contributed by atoms with van der Waals surface area (Å²) in [5.41, 5.74) is -0.168. The maximum absolute atomic E-state index is 12.7. The van der Waals surface area contributed by atoms with E-state index in [4.69, 9.17) is 27.9 Å². The third-order valence-corrected chi connectivity index (χ3v) is 6.40. The Bertz CT molecular complexity index is 988. The minimum atomic E-state index is -3.74. The fourth-order valence-corrected chi connectivity index (χ4v) is 4.51. The van der Waals surface area contributed by atoms with E-state index in [1.54, 1.807) is 64.1 Å². The summed E-state index contributed by atoms with van der Waals surface area (Å²) in [5, 5.41) is 3.24. The van der Waals surface area contributed by atoms with Crippen molar-refractivity contribution in [3.05, 3.63) is 58.1 Å². The minimum Gasteiger partial charge on any atom is -0.479 e. The molecule has 2 aromatic rings. The first kappa shape index (κ1) is 23.5. The van der Waals surface area contributed by atoms with Crippen LogP contribution in [0.2, 0.25) is 10.0 Å². The van der Waals surface area contributed by atoms with Crippen molar-refractivity contribution in [3.63, 3.8) is 0 Å². The van der Waals surface area contributed by atoms with E-state index in [0.717, 1.165) is 0 Å². The van der Waals surface area contributed by atoms with Gasteiger partial charge < -0.3 is 10.1 Å². The number of hydrogen-bond donors (Lipinski definition) is 2. The molecule has 0 bridgehead atoms. The van der Waals surface area contributed by atoms with Crippen molar-refractivity contribution < 1.29 is 17.9 Å². The first-order chi connectivity index (χ1) is 13.4. The zero-order valence-corrected chi connectivity index (χ0v) is 19.0. The Hall–Kier alpha value is -1.80. The molecular weight excluding hydrogens is 435 g/mol. The van der Waals surface area contributed by atoms with E-state index in [9.17, 15) is 13.2 Å². The SMILES string of the molecule is CC(Oc1cccc(Cl)c1Cl)C(=O)NCc1ccccc1S(=O)(=O)NC(C)(C)C. The molecule has 0 heterocycles. The first-order valence-electron chi connectivity index (χ1n) is 8.91. The maximum Gasteiger partial charge on any atom is 0.261 e. The number of benzene rings is 2. The van der Waals surface area contributed by atoms with Crippen LogP contribution < -0.4 is 14.8 Å². The highest BCUT2D eigenvalue weighted by Gasteiger charge is 2.25. The maximum atomic E-state index is 12.7. The molecule has 0 radical (unpaired) electrons. The molecule has 1 amide bonds. The molecule has 0 aliphatic rings. The number of ether oxygens (including phenoxy) is 1. The summed E-state index contributed by atoms with van der Waals surface area (Å²) in [7, 11) is -3.74. The monoisotopic (exact) mass is 458 g/mol. The van der Waals surface area contributed by atoms with Crippen LogP contribution in [0.5, 0.6) is 5.75 Å². The van der Waals surface area contributed by atoms with Gasteiger partial charge in [0, 0.05) is 12.1 Å². The molecule has 158 valence electrons. The van der Waals surface area contributed by atoms with Gasteiger partial charge in [0.15, 0.2) is 6.10 Å². The van der Waals surface area contributed by atoms with Gasteiger partial charge in [-0.3, -0.25) is 4.79 Å². The molecule has 2 aromatic carbocycles. The van der Waals surface area contributed by atoms with E-state index in [-0.39, 0.29) is 16.5 Å². The molecule has 9 heteroatoms. The van der Waals surface area contributed by atoms with Gasteiger partial charge in [-0.25, -0.2) is 13.1 Å². The van der Waals surface area contributed by atoms with Crippen molar-refractivity contribution in [3.8, 4) is 5.75 Å². The van der Waals surface area contributed by atoms with Gasteiger partial charge in [0.25, 0.3) is 5.91 Å². The summed E-state index contributed by atoms with van der Waals surface area (Å²) in [6.45, 7) is 6.87. The predicted molar refractivity (Wildman–Crippen MR) is 115 cm³/mol. The fourth-order valence-electron chi connectivity index (χ4n) is 2.52. The summed E-state index contributed by atoms with van der Waals surface area (Å²) in [6.07, 6.45) is -0.859. The van der Waals surface area contributed by atoms with Crippen molar-refractivity contribution >= 4 is 39.1 Å². The fraction of sp³-hybridized carbons (Fsp3) is 0.350. The topological polar surface area (TPSA) is 84.5 Å². The Morgan fingerprint density at radius 1 is 1.10 bits per heavy atom. The number of nitrogens with one attached hydrogen (secondary N) is 2. The highest BCUT2D eigenvalue weighted by Crippen LogP contribution is 2.32. The second-order valence-electron chi connectivity index (χ2n) is 7.49. The van der Waals surface area contributed by atoms with Gasteiger partial charge in [0.1, 0.15) is 10.8 Å². The number of carbonyl (C=O) groups excluding carboxylic acids is 1. The lowest BCUT2D eigenvalue weighted by molar-refractivity contribution is -0.127. The van der Waals surface area contributed by atoms with Crippen LogP contribution in [0.4, 0.5) is 0 Å². The second-order valence-corrected chi connectivity index (χ2v) is 9.93. The molecule has 29 heavy (non-hydrogen) atoms. The average molecular weight is 459 g/mol. The van der Waals surface area contributed by atoms with Crippen molar-refractivity contribution in [1.82, 2.24) is 10.0 Å². The van der Waals surface area contributed by atoms with Crippen molar-refractivity contribution in [2.24, 2.45) is 0 Å². The van der Waals surface area contributed by atoms with Crippen LogP contribution in [0.1, 0.15) is 33.3 Å². The number of hydrogen-bond acceptors (Lipinski definition) is 4. The number of sulfonamides is 1. The van der Waals surface area contributed by atoms with Crippen LogP contribution in [0.25, 0.3) is 0 Å². The van der Waals surface area contributed by atoms with Gasteiger partial charge in [-0.05, 0) is 51.5 Å². The van der Waals surface area contributed by atoms with Gasteiger partial charge in [0.2, 0.25) is 10.0 Å². The van der Waals surface area contributed by atoms with E-state index in [1.807, 2.05) is 0 Å². The predicted octanol–water partition coefficient (Wildman–Crippen LogP) is 4.15. The van der Waals surface area contributed by atoms with Gasteiger partial charge in [0.05, 0.1) is 9.92 Å². The third kappa shape index (κ3) is 6.60. The Kier molecular flexibility index (Phi) is 7.56. The molecule has 1 unspecified atom stereocenters. The second kappa shape index (κ2) is 9.34. The van der Waals surface area contributed by atoms with Gasteiger partial charge >= 0.3 is 0 Å². The third-order valence-electron chi connectivity index (χ3n) is 3.74. The van der Waals surface area contributed by atoms with Crippen molar-refractivity contribution in [2.45, 2.75) is 50.8 Å². The Labute approximate surface area is 181 Å². The minimum absolute atomic E-state index is 0.0248. The Morgan fingerprint density at radius 2 is 1.76 bits per heavy atom. The number of rotatable bonds is 7. The first-order valence-corrected chi connectivity index (χ1v) is 11.1. The van der Waals surface area contributed by atoms with Gasteiger partial charge in [-0.1, -0.05) is 47.5 Å². The summed E-state index contributed by atoms with van der Waals surface area (Å²) in [4.78, 5) is 12.5. The molecule has 0 saturated carbocycles. The normalized spacial score (nSPS) is 13.0. The number of amides is 1. The standard InChI is InChI=1S/C20H24Cl2N2O4S/c1-13(28-16-10-7-9-15(21)18(16)22)19(25)23-12-14-8-5-6-11-17(14)29(26,27)24-20(2,3)4/h5-11,13,24H,12H2,1-4H3,(H,23,25). The van der Waals surface area contributed by atoms with Crippen LogP contribution in [-0.4, -0.2) is 26.0 Å². The molecule has 1 atom stereocenters. The molecule has 0 spiro atoms.